The Kier molecular flexibility index (Phi) is 7.27. The van der Waals surface area contributed by atoms with Crippen molar-refractivity contribution in [1.82, 2.24) is 15.0 Å². The van der Waals surface area contributed by atoms with Crippen LogP contribution >= 0.6 is 0 Å². The Morgan fingerprint density at radius 2 is 1.64 bits per heavy atom. The molecule has 0 spiro atoms. The molecule has 0 radical (unpaired) electrons. The van der Waals surface area contributed by atoms with Gasteiger partial charge in [-0.15, -0.1) is 0 Å². The second-order valence-corrected chi connectivity index (χ2v) is 12.1. The minimum absolute atomic E-state index is 0.0511. The first-order valence-corrected chi connectivity index (χ1v) is 14.7. The van der Waals surface area contributed by atoms with Gasteiger partial charge in [-0.25, -0.2) is 18.4 Å². The molecule has 0 saturated carbocycles. The Morgan fingerprint density at radius 1 is 0.972 bits per heavy atom. The minimum Gasteiger partial charge on any atom is -0.371 e. The number of sulfonamides is 1. The molecule has 8 rings (SSSR count). The molecule has 0 aliphatic carbocycles. The number of nitrogens with one attached hydrogen (secondary N) is 2. The highest BCUT2D eigenvalue weighted by atomic mass is 32.2. The topological polar surface area (TPSA) is 120 Å². The molecule has 6 aliphatic rings. The van der Waals surface area contributed by atoms with Crippen LogP contribution in [0, 0.1) is 11.8 Å². The fraction of sp³-hybridized carbons (Fsp3) is 0.600. The Bertz CT molecular complexity index is 1190. The lowest BCUT2D eigenvalue weighted by molar-refractivity contribution is 0.102. The molecule has 6 bridgehead atoms. The summed E-state index contributed by atoms with van der Waals surface area (Å²) in [7, 11) is -3.48. The van der Waals surface area contributed by atoms with Crippen molar-refractivity contribution in [2.45, 2.75) is 51.9 Å². The molecule has 36 heavy (non-hydrogen) atoms. The average Bonchev–Trinajstić information content (AvgIpc) is 2.89. The minimum atomic E-state index is -3.48. The van der Waals surface area contributed by atoms with Gasteiger partial charge in [-0.05, 0) is 44.4 Å². The number of aromatic nitrogens is 3. The van der Waals surface area contributed by atoms with Crippen LogP contribution in [0.15, 0.2) is 24.7 Å². The molecule has 0 atom stereocenters. The number of carbonyl (C=O) groups excluding carboxylic acids is 1. The summed E-state index contributed by atoms with van der Waals surface area (Å²) in [5.74, 6) is 2.45. The number of hydrogen-bond acceptors (Lipinski definition) is 8. The quantitative estimate of drug-likeness (QED) is 0.640. The summed E-state index contributed by atoms with van der Waals surface area (Å²) in [6.07, 6.45) is 13.0. The second-order valence-electron chi connectivity index (χ2n) is 10.1. The summed E-state index contributed by atoms with van der Waals surface area (Å²) in [6, 6.07) is 1.67. The summed E-state index contributed by atoms with van der Waals surface area (Å²) in [4.78, 5) is 31.1. The number of piperidine rings is 2. The lowest BCUT2D eigenvalue weighted by atomic mass is 9.86. The highest BCUT2D eigenvalue weighted by Crippen LogP contribution is 2.32. The van der Waals surface area contributed by atoms with Crippen LogP contribution in [0.2, 0.25) is 0 Å². The molecule has 8 heterocycles. The van der Waals surface area contributed by atoms with Crippen molar-refractivity contribution in [3.63, 3.8) is 0 Å². The van der Waals surface area contributed by atoms with E-state index < -0.39 is 10.0 Å². The van der Waals surface area contributed by atoms with Gasteiger partial charge in [0.1, 0.15) is 11.6 Å². The Morgan fingerprint density at radius 3 is 2.31 bits per heavy atom. The highest BCUT2D eigenvalue weighted by molar-refractivity contribution is 7.92. The van der Waals surface area contributed by atoms with E-state index >= 15 is 0 Å². The molecular formula is C25H35N7O3S. The number of hydrogen-bond donors (Lipinski definition) is 2. The van der Waals surface area contributed by atoms with Crippen LogP contribution in [-0.2, 0) is 10.0 Å². The van der Waals surface area contributed by atoms with E-state index in [-0.39, 0.29) is 17.5 Å². The molecule has 11 heteroatoms. The zero-order valence-electron chi connectivity index (χ0n) is 20.8. The Hall–Kier alpha value is -2.95. The van der Waals surface area contributed by atoms with Gasteiger partial charge in [0.15, 0.2) is 5.82 Å². The van der Waals surface area contributed by atoms with Crippen LogP contribution < -0.4 is 19.8 Å². The lowest BCUT2D eigenvalue weighted by Crippen LogP contribution is -2.36. The van der Waals surface area contributed by atoms with Gasteiger partial charge in [0, 0.05) is 38.4 Å². The third kappa shape index (κ3) is 5.71. The van der Waals surface area contributed by atoms with Crippen LogP contribution in [0.5, 0.6) is 0 Å². The second kappa shape index (κ2) is 10.6. The molecule has 2 aromatic rings. The van der Waals surface area contributed by atoms with Crippen molar-refractivity contribution >= 4 is 39.1 Å². The molecule has 194 valence electrons. The summed E-state index contributed by atoms with van der Waals surface area (Å²) < 4.78 is 26.8. The normalized spacial score (nSPS) is 23.0. The number of nitrogens with zero attached hydrogens (tertiary/aromatic N) is 5. The summed E-state index contributed by atoms with van der Waals surface area (Å²) in [5.41, 5.74) is 1.07. The predicted molar refractivity (Wildman–Crippen MR) is 141 cm³/mol. The van der Waals surface area contributed by atoms with Gasteiger partial charge in [0.05, 0.1) is 29.4 Å². The smallest absolute Gasteiger partial charge is 0.260 e. The van der Waals surface area contributed by atoms with Gasteiger partial charge >= 0.3 is 0 Å². The largest absolute Gasteiger partial charge is 0.371 e. The van der Waals surface area contributed by atoms with E-state index in [0.717, 1.165) is 50.8 Å². The fourth-order valence-corrected chi connectivity index (χ4v) is 6.10. The van der Waals surface area contributed by atoms with Crippen molar-refractivity contribution in [1.29, 1.82) is 0 Å². The molecule has 0 unspecified atom stereocenters. The molecule has 0 aromatic carbocycles. The van der Waals surface area contributed by atoms with E-state index in [4.69, 9.17) is 0 Å². The molecule has 10 nitrogen and oxygen atoms in total. The maximum Gasteiger partial charge on any atom is 0.260 e. The van der Waals surface area contributed by atoms with Crippen molar-refractivity contribution in [2.75, 3.05) is 51.8 Å². The van der Waals surface area contributed by atoms with E-state index in [2.05, 4.69) is 34.8 Å². The van der Waals surface area contributed by atoms with Crippen LogP contribution in [0.25, 0.3) is 0 Å². The maximum atomic E-state index is 13.4. The number of amides is 1. The van der Waals surface area contributed by atoms with Crippen LogP contribution in [-0.4, -0.2) is 61.2 Å². The number of anilines is 4. The molecular weight excluding hydrogens is 478 g/mol. The van der Waals surface area contributed by atoms with Gasteiger partial charge in [0.2, 0.25) is 10.0 Å². The van der Waals surface area contributed by atoms with Crippen molar-refractivity contribution in [3.8, 4) is 0 Å². The van der Waals surface area contributed by atoms with Crippen molar-refractivity contribution in [3.05, 3.63) is 30.2 Å². The molecule has 2 fully saturated rings. The van der Waals surface area contributed by atoms with Crippen molar-refractivity contribution < 1.29 is 13.2 Å². The Balaban J connectivity index is 1.47. The van der Waals surface area contributed by atoms with Gasteiger partial charge in [0.25, 0.3) is 5.91 Å². The predicted octanol–water partition coefficient (Wildman–Crippen LogP) is 3.50. The highest BCUT2D eigenvalue weighted by Gasteiger charge is 2.26. The number of rotatable bonds is 3. The zero-order valence-corrected chi connectivity index (χ0v) is 21.6. The Labute approximate surface area is 213 Å². The van der Waals surface area contributed by atoms with Gasteiger partial charge in [-0.1, -0.05) is 19.3 Å². The van der Waals surface area contributed by atoms with E-state index in [1.165, 1.54) is 38.3 Å². The van der Waals surface area contributed by atoms with Crippen LogP contribution in [0.3, 0.4) is 0 Å². The fourth-order valence-electron chi connectivity index (χ4n) is 5.53. The zero-order chi connectivity index (χ0) is 25.1. The first-order chi connectivity index (χ1) is 17.4. The molecule has 1 amide bonds. The summed E-state index contributed by atoms with van der Waals surface area (Å²) in [6.45, 7) is 5.13. The number of carbonyl (C=O) groups is 1. The van der Waals surface area contributed by atoms with Crippen LogP contribution in [0.4, 0.5) is 23.1 Å². The molecule has 2 saturated heterocycles. The SMILES string of the molecule is CCS(=O)(=O)Nc1cc2c(cn1)C(=O)Nc1cncc(n1)N1CCC(CCCC3CCN2CC3)CC1. The maximum absolute atomic E-state index is 13.4. The van der Waals surface area contributed by atoms with E-state index in [1.807, 2.05) is 0 Å². The molecule has 2 aromatic heterocycles. The standard InChI is InChI=1S/C25H35N7O3S/c1-2-36(34,35)30-22-14-21-20(15-27-22)25(33)29-23-16-26-17-24(28-23)32-12-8-19(9-13-32)5-3-4-18-6-10-31(21)11-7-18/h14-19H,2-13H2,1H3,(H,27,30)(H,28,29,33). The van der Waals surface area contributed by atoms with E-state index in [9.17, 15) is 13.2 Å². The average molecular weight is 514 g/mol. The first-order valence-electron chi connectivity index (χ1n) is 13.0. The molecule has 2 N–H and O–H groups in total. The van der Waals surface area contributed by atoms with Gasteiger partial charge in [-0.3, -0.25) is 14.5 Å². The van der Waals surface area contributed by atoms with E-state index in [1.54, 1.807) is 25.4 Å². The van der Waals surface area contributed by atoms with Gasteiger partial charge < -0.3 is 15.1 Å². The molecule has 6 aliphatic heterocycles. The first kappa shape index (κ1) is 24.7. The monoisotopic (exact) mass is 513 g/mol. The van der Waals surface area contributed by atoms with Crippen LogP contribution in [0.1, 0.15) is 62.2 Å². The number of pyridine rings is 1. The third-order valence-corrected chi connectivity index (χ3v) is 9.03. The summed E-state index contributed by atoms with van der Waals surface area (Å²) >= 11 is 0. The van der Waals surface area contributed by atoms with Gasteiger partial charge in [-0.2, -0.15) is 0 Å². The summed E-state index contributed by atoms with van der Waals surface area (Å²) in [5, 5.41) is 2.89. The third-order valence-electron chi connectivity index (χ3n) is 7.75. The van der Waals surface area contributed by atoms with Crippen molar-refractivity contribution in [2.24, 2.45) is 11.8 Å². The van der Waals surface area contributed by atoms with E-state index in [0.29, 0.717) is 23.0 Å². The lowest BCUT2D eigenvalue weighted by Gasteiger charge is -2.36.